The van der Waals surface area contributed by atoms with Crippen LogP contribution in [0.15, 0.2) is 16.8 Å². The number of alkyl halides is 1. The van der Waals surface area contributed by atoms with Gasteiger partial charge in [0.05, 0.1) is 0 Å². The van der Waals surface area contributed by atoms with Crippen molar-refractivity contribution in [2.75, 3.05) is 6.00 Å². The number of rotatable bonds is 6. The number of allylic oxidation sites excluding steroid dienone is 1. The smallest absolute Gasteiger partial charge is 0.113 e. The fourth-order valence-electron chi connectivity index (χ4n) is 0.922. The van der Waals surface area contributed by atoms with Crippen molar-refractivity contribution < 1.29 is 0 Å². The zero-order valence-corrected chi connectivity index (χ0v) is 8.35. The van der Waals surface area contributed by atoms with Gasteiger partial charge in [-0.2, -0.15) is 0 Å². The van der Waals surface area contributed by atoms with E-state index in [0.717, 1.165) is 12.0 Å². The lowest BCUT2D eigenvalue weighted by molar-refractivity contribution is 0.722. The van der Waals surface area contributed by atoms with Crippen LogP contribution in [0.25, 0.3) is 0 Å². The summed E-state index contributed by atoms with van der Waals surface area (Å²) in [5.74, 6) is 0. The first-order valence-corrected chi connectivity index (χ1v) is 4.85. The molecule has 0 aliphatic rings. The zero-order chi connectivity index (χ0) is 9.23. The van der Waals surface area contributed by atoms with E-state index in [1.54, 1.807) is 12.4 Å². The molecule has 0 spiro atoms. The predicted molar refractivity (Wildman–Crippen MR) is 55.6 cm³/mol. The zero-order valence-electron chi connectivity index (χ0n) is 7.59. The molecule has 0 bridgehead atoms. The maximum atomic E-state index is 5.40. The van der Waals surface area contributed by atoms with Gasteiger partial charge in [-0.3, -0.25) is 4.99 Å². The third-order valence-electron chi connectivity index (χ3n) is 1.61. The van der Waals surface area contributed by atoms with Gasteiger partial charge in [-0.1, -0.05) is 19.8 Å². The molecule has 0 saturated carbocycles. The molecule has 0 unspecified atom stereocenters. The van der Waals surface area contributed by atoms with Crippen LogP contribution in [0.3, 0.4) is 0 Å². The Hall–Kier alpha value is -0.500. The van der Waals surface area contributed by atoms with E-state index < -0.39 is 0 Å². The van der Waals surface area contributed by atoms with Gasteiger partial charge in [0, 0.05) is 6.21 Å². The lowest BCUT2D eigenvalue weighted by Crippen LogP contribution is -1.91. The van der Waals surface area contributed by atoms with E-state index in [1.807, 2.05) is 0 Å². The molecular formula is C9H17ClN2. The molecule has 70 valence electrons. The Morgan fingerprint density at radius 2 is 2.25 bits per heavy atom. The monoisotopic (exact) mass is 188 g/mol. The van der Waals surface area contributed by atoms with Gasteiger partial charge in [-0.25, -0.2) is 0 Å². The average Bonchev–Trinajstić information content (AvgIpc) is 2.11. The molecule has 12 heavy (non-hydrogen) atoms. The second-order valence-corrected chi connectivity index (χ2v) is 2.87. The highest BCUT2D eigenvalue weighted by molar-refractivity contribution is 6.18. The van der Waals surface area contributed by atoms with Crippen molar-refractivity contribution in [3.63, 3.8) is 0 Å². The standard InChI is InChI=1S/C9H17ClN2/c1-2-3-4-5-9(6-11)7-12-8-10/h6-7H,2-5,8,11H2,1H3/b9-6-,12-7-. The lowest BCUT2D eigenvalue weighted by Gasteiger charge is -1.98. The van der Waals surface area contributed by atoms with Gasteiger partial charge >= 0.3 is 0 Å². The van der Waals surface area contributed by atoms with E-state index in [1.165, 1.54) is 19.3 Å². The maximum Gasteiger partial charge on any atom is 0.113 e. The second-order valence-electron chi connectivity index (χ2n) is 2.63. The first kappa shape index (κ1) is 11.5. The highest BCUT2D eigenvalue weighted by Crippen LogP contribution is 2.05. The summed E-state index contributed by atoms with van der Waals surface area (Å²) < 4.78 is 0. The third kappa shape index (κ3) is 6.23. The van der Waals surface area contributed by atoms with Crippen molar-refractivity contribution in [2.45, 2.75) is 32.6 Å². The molecule has 0 rings (SSSR count). The molecular weight excluding hydrogens is 172 g/mol. The van der Waals surface area contributed by atoms with E-state index in [9.17, 15) is 0 Å². The average molecular weight is 189 g/mol. The molecule has 0 aromatic rings. The molecule has 0 aromatic heterocycles. The summed E-state index contributed by atoms with van der Waals surface area (Å²) in [6, 6.07) is 0.311. The first-order valence-electron chi connectivity index (χ1n) is 4.31. The summed E-state index contributed by atoms with van der Waals surface area (Å²) in [7, 11) is 0. The Labute approximate surface area is 79.5 Å². The number of unbranched alkanes of at least 4 members (excludes halogenated alkanes) is 2. The highest BCUT2D eigenvalue weighted by atomic mass is 35.5. The van der Waals surface area contributed by atoms with E-state index in [4.69, 9.17) is 17.3 Å². The summed E-state index contributed by atoms with van der Waals surface area (Å²) in [4.78, 5) is 3.91. The molecule has 2 nitrogen and oxygen atoms in total. The minimum atomic E-state index is 0.311. The van der Waals surface area contributed by atoms with Gasteiger partial charge in [-0.15, -0.1) is 11.6 Å². The van der Waals surface area contributed by atoms with Crippen LogP contribution in [-0.2, 0) is 0 Å². The van der Waals surface area contributed by atoms with Crippen LogP contribution in [-0.4, -0.2) is 12.2 Å². The van der Waals surface area contributed by atoms with Crippen LogP contribution in [0.1, 0.15) is 32.6 Å². The van der Waals surface area contributed by atoms with Gasteiger partial charge in [0.15, 0.2) is 0 Å². The van der Waals surface area contributed by atoms with Gasteiger partial charge in [0.2, 0.25) is 0 Å². The van der Waals surface area contributed by atoms with Crippen molar-refractivity contribution >= 4 is 17.8 Å². The Bertz CT molecular complexity index is 153. The molecule has 0 fully saturated rings. The third-order valence-corrected chi connectivity index (χ3v) is 1.75. The molecule has 0 heterocycles. The van der Waals surface area contributed by atoms with Gasteiger partial charge in [0.1, 0.15) is 6.00 Å². The van der Waals surface area contributed by atoms with Crippen LogP contribution in [0.4, 0.5) is 0 Å². The van der Waals surface area contributed by atoms with Gasteiger partial charge in [-0.05, 0) is 24.6 Å². The predicted octanol–water partition coefficient (Wildman–Crippen LogP) is 2.68. The van der Waals surface area contributed by atoms with Crippen molar-refractivity contribution in [1.82, 2.24) is 0 Å². The molecule has 3 heteroatoms. The Kier molecular flexibility index (Phi) is 8.24. The van der Waals surface area contributed by atoms with Crippen molar-refractivity contribution in [2.24, 2.45) is 10.7 Å². The largest absolute Gasteiger partial charge is 0.404 e. The Morgan fingerprint density at radius 1 is 1.50 bits per heavy atom. The fraction of sp³-hybridized carbons (Fsp3) is 0.667. The van der Waals surface area contributed by atoms with Crippen LogP contribution in [0.5, 0.6) is 0 Å². The maximum absolute atomic E-state index is 5.40. The molecule has 0 aliphatic carbocycles. The van der Waals surface area contributed by atoms with Crippen LogP contribution >= 0.6 is 11.6 Å². The van der Waals surface area contributed by atoms with E-state index in [-0.39, 0.29) is 0 Å². The molecule has 0 amide bonds. The normalized spacial score (nSPS) is 12.7. The number of hydrogen-bond donors (Lipinski definition) is 1. The lowest BCUT2D eigenvalue weighted by atomic mass is 10.1. The molecule has 2 N–H and O–H groups in total. The van der Waals surface area contributed by atoms with Gasteiger partial charge in [0.25, 0.3) is 0 Å². The molecule has 0 aliphatic heterocycles. The molecule has 0 aromatic carbocycles. The number of nitrogens with zero attached hydrogens (tertiary/aromatic N) is 1. The number of aliphatic imine (C=N–C) groups is 1. The van der Waals surface area contributed by atoms with Crippen LogP contribution in [0.2, 0.25) is 0 Å². The molecule has 0 saturated heterocycles. The Morgan fingerprint density at radius 3 is 2.75 bits per heavy atom. The first-order chi connectivity index (χ1) is 5.85. The summed E-state index contributed by atoms with van der Waals surface area (Å²) in [5, 5.41) is 0. The minimum absolute atomic E-state index is 0.311. The molecule has 0 atom stereocenters. The summed E-state index contributed by atoms with van der Waals surface area (Å²) >= 11 is 5.40. The van der Waals surface area contributed by atoms with E-state index in [2.05, 4.69) is 11.9 Å². The topological polar surface area (TPSA) is 38.4 Å². The minimum Gasteiger partial charge on any atom is -0.404 e. The fourth-order valence-corrected chi connectivity index (χ4v) is 0.991. The number of halogens is 1. The van der Waals surface area contributed by atoms with Crippen LogP contribution in [0, 0.1) is 0 Å². The van der Waals surface area contributed by atoms with Crippen LogP contribution < -0.4 is 5.73 Å². The highest BCUT2D eigenvalue weighted by Gasteiger charge is 1.91. The van der Waals surface area contributed by atoms with Crippen molar-refractivity contribution in [1.29, 1.82) is 0 Å². The summed E-state index contributed by atoms with van der Waals surface area (Å²) in [6.45, 7) is 2.18. The summed E-state index contributed by atoms with van der Waals surface area (Å²) in [5.41, 5.74) is 6.47. The Balaban J connectivity index is 3.62. The van der Waals surface area contributed by atoms with Gasteiger partial charge < -0.3 is 5.73 Å². The second kappa shape index (κ2) is 8.60. The summed E-state index contributed by atoms with van der Waals surface area (Å²) in [6.07, 6.45) is 8.00. The van der Waals surface area contributed by atoms with Crippen molar-refractivity contribution in [3.8, 4) is 0 Å². The van der Waals surface area contributed by atoms with E-state index >= 15 is 0 Å². The van der Waals surface area contributed by atoms with Crippen molar-refractivity contribution in [3.05, 3.63) is 11.8 Å². The number of hydrogen-bond acceptors (Lipinski definition) is 2. The molecule has 0 radical (unpaired) electrons. The quantitative estimate of drug-likeness (QED) is 0.296. The van der Waals surface area contributed by atoms with E-state index in [0.29, 0.717) is 6.00 Å². The number of nitrogens with two attached hydrogens (primary N) is 1. The SMILES string of the molecule is CCCCCC(/C=N\CCl)=C/N.